The third kappa shape index (κ3) is 11.5. The minimum Gasteiger partial charge on any atom is -0.478 e. The third-order valence-corrected chi connectivity index (χ3v) is 3.85. The molecular formula is C20H30O12. The molecule has 0 unspecified atom stereocenters. The summed E-state index contributed by atoms with van der Waals surface area (Å²) in [6.45, 7) is 0.752. The van der Waals surface area contributed by atoms with Crippen LogP contribution < -0.4 is 0 Å². The Bertz CT molecular complexity index is 626. The fraction of sp³-hybridized carbons (Fsp3) is 0.600. The van der Waals surface area contributed by atoms with Gasteiger partial charge in [-0.15, -0.1) is 0 Å². The molecule has 12 heteroatoms. The van der Waals surface area contributed by atoms with Crippen LogP contribution in [0.3, 0.4) is 0 Å². The average molecular weight is 462 g/mol. The monoisotopic (exact) mass is 462 g/mol. The normalized spacial score (nSPS) is 11.1. The van der Waals surface area contributed by atoms with E-state index in [1.54, 1.807) is 0 Å². The first kappa shape index (κ1) is 27.9. The lowest BCUT2D eigenvalue weighted by molar-refractivity contribution is -0.0784. The highest BCUT2D eigenvalue weighted by molar-refractivity contribution is 5.96. The molecule has 0 radical (unpaired) electrons. The number of hydrogen-bond acceptors (Lipinski definition) is 10. The van der Waals surface area contributed by atoms with E-state index in [0.717, 1.165) is 6.07 Å². The van der Waals surface area contributed by atoms with Gasteiger partial charge in [-0.3, -0.25) is 0 Å². The van der Waals surface area contributed by atoms with Gasteiger partial charge in [0.1, 0.15) is 13.6 Å². The molecule has 0 amide bonds. The molecule has 0 aromatic heterocycles. The Kier molecular flexibility index (Phi) is 15.2. The van der Waals surface area contributed by atoms with Crippen LogP contribution in [-0.2, 0) is 41.6 Å². The topological polar surface area (TPSA) is 170 Å². The lowest BCUT2D eigenvalue weighted by Gasteiger charge is -2.14. The number of aliphatic hydroxyl groups excluding tert-OH is 2. The summed E-state index contributed by atoms with van der Waals surface area (Å²) >= 11 is 0. The standard InChI is InChI=1S/C20H30O12/c21-1-3-27-5-7-29-13-31-11-15-9-16(12-32-14-30-8-6-28-4-2-22)18(20(25)26)10-17(15)19(23)24/h9-10,21-22H,1-8,11-14H2,(H,23,24)(H,25,26). The van der Waals surface area contributed by atoms with Crippen molar-refractivity contribution in [3.63, 3.8) is 0 Å². The van der Waals surface area contributed by atoms with E-state index >= 15 is 0 Å². The highest BCUT2D eigenvalue weighted by atomic mass is 16.7. The van der Waals surface area contributed by atoms with Gasteiger partial charge in [-0.25, -0.2) is 9.59 Å². The van der Waals surface area contributed by atoms with Crippen LogP contribution >= 0.6 is 0 Å². The molecule has 0 aliphatic rings. The molecule has 1 aromatic carbocycles. The number of carboxylic acids is 2. The average Bonchev–Trinajstić information content (AvgIpc) is 2.77. The summed E-state index contributed by atoms with van der Waals surface area (Å²) in [7, 11) is 0. The van der Waals surface area contributed by atoms with E-state index in [4.69, 9.17) is 38.6 Å². The molecule has 0 saturated heterocycles. The van der Waals surface area contributed by atoms with Crippen LogP contribution in [0.25, 0.3) is 0 Å². The SMILES string of the molecule is O=C(O)c1cc(C(=O)O)c(COCOCCOCCO)cc1COCOCCOCCO. The first-order valence-electron chi connectivity index (χ1n) is 9.81. The van der Waals surface area contributed by atoms with E-state index in [1.807, 2.05) is 0 Å². The minimum atomic E-state index is -1.29. The van der Waals surface area contributed by atoms with Gasteiger partial charge in [0.2, 0.25) is 0 Å². The molecule has 0 fully saturated rings. The maximum atomic E-state index is 11.6. The summed E-state index contributed by atoms with van der Waals surface area (Å²) in [5, 5.41) is 36.0. The summed E-state index contributed by atoms with van der Waals surface area (Å²) in [6, 6.07) is 2.47. The second kappa shape index (κ2) is 17.4. The van der Waals surface area contributed by atoms with Gasteiger partial charge in [0.25, 0.3) is 0 Å². The molecule has 12 nitrogen and oxygen atoms in total. The van der Waals surface area contributed by atoms with Crippen molar-refractivity contribution < 1.29 is 58.4 Å². The van der Waals surface area contributed by atoms with E-state index < -0.39 is 11.9 Å². The van der Waals surface area contributed by atoms with E-state index in [1.165, 1.54) is 6.07 Å². The molecule has 0 heterocycles. The van der Waals surface area contributed by atoms with Gasteiger partial charge in [0.15, 0.2) is 0 Å². The van der Waals surface area contributed by atoms with Gasteiger partial charge < -0.3 is 48.8 Å². The molecule has 182 valence electrons. The number of benzene rings is 1. The van der Waals surface area contributed by atoms with Gasteiger partial charge in [-0.05, 0) is 23.3 Å². The summed E-state index contributed by atoms with van der Waals surface area (Å²) in [4.78, 5) is 23.1. The summed E-state index contributed by atoms with van der Waals surface area (Å²) in [6.07, 6.45) is 0. The van der Waals surface area contributed by atoms with Crippen LogP contribution in [0.2, 0.25) is 0 Å². The third-order valence-electron chi connectivity index (χ3n) is 3.85. The Hall–Kier alpha value is -2.16. The number of carbonyl (C=O) groups is 2. The van der Waals surface area contributed by atoms with Crippen molar-refractivity contribution in [2.75, 3.05) is 66.4 Å². The zero-order chi connectivity index (χ0) is 23.6. The Labute approximate surface area is 185 Å². The molecule has 1 aromatic rings. The number of hydrogen-bond donors (Lipinski definition) is 4. The Morgan fingerprint density at radius 3 is 1.38 bits per heavy atom. The van der Waals surface area contributed by atoms with Crippen LogP contribution in [0.15, 0.2) is 12.1 Å². The van der Waals surface area contributed by atoms with Crippen LogP contribution in [0.1, 0.15) is 31.8 Å². The van der Waals surface area contributed by atoms with E-state index in [-0.39, 0.29) is 102 Å². The van der Waals surface area contributed by atoms with Crippen LogP contribution in [0.4, 0.5) is 0 Å². The second-order valence-electron chi connectivity index (χ2n) is 6.20. The zero-order valence-corrected chi connectivity index (χ0v) is 17.7. The first-order chi connectivity index (χ1) is 15.5. The Morgan fingerprint density at radius 2 is 1.00 bits per heavy atom. The molecule has 0 aliphatic carbocycles. The largest absolute Gasteiger partial charge is 0.478 e. The molecule has 4 N–H and O–H groups in total. The lowest BCUT2D eigenvalue weighted by atomic mass is 9.99. The second-order valence-corrected chi connectivity index (χ2v) is 6.20. The zero-order valence-electron chi connectivity index (χ0n) is 17.7. The van der Waals surface area contributed by atoms with Gasteiger partial charge >= 0.3 is 11.9 Å². The molecule has 0 spiro atoms. The van der Waals surface area contributed by atoms with Gasteiger partial charge in [0, 0.05) is 0 Å². The van der Waals surface area contributed by atoms with Gasteiger partial charge in [-0.1, -0.05) is 0 Å². The highest BCUT2D eigenvalue weighted by Crippen LogP contribution is 2.20. The van der Waals surface area contributed by atoms with Crippen LogP contribution in [0, 0.1) is 0 Å². The number of aliphatic hydroxyl groups is 2. The number of ether oxygens (including phenoxy) is 6. The maximum Gasteiger partial charge on any atom is 0.336 e. The minimum absolute atomic E-state index is 0.0853. The summed E-state index contributed by atoms with van der Waals surface area (Å²) in [5.74, 6) is -2.58. The molecule has 1 rings (SSSR count). The molecule has 0 aliphatic heterocycles. The van der Waals surface area contributed by atoms with Crippen molar-refractivity contribution in [2.45, 2.75) is 13.2 Å². The molecule has 0 atom stereocenters. The smallest absolute Gasteiger partial charge is 0.336 e. The lowest BCUT2D eigenvalue weighted by Crippen LogP contribution is -2.14. The van der Waals surface area contributed by atoms with Crippen molar-refractivity contribution >= 4 is 11.9 Å². The fourth-order valence-electron chi connectivity index (χ4n) is 2.44. The Balaban J connectivity index is 2.62. The van der Waals surface area contributed by atoms with Crippen molar-refractivity contribution in [1.82, 2.24) is 0 Å². The van der Waals surface area contributed by atoms with E-state index in [9.17, 15) is 19.8 Å². The predicted molar refractivity (Wildman–Crippen MR) is 107 cm³/mol. The van der Waals surface area contributed by atoms with Crippen molar-refractivity contribution in [2.24, 2.45) is 0 Å². The van der Waals surface area contributed by atoms with E-state index in [2.05, 4.69) is 0 Å². The van der Waals surface area contributed by atoms with Crippen molar-refractivity contribution in [1.29, 1.82) is 0 Å². The van der Waals surface area contributed by atoms with Crippen molar-refractivity contribution in [3.8, 4) is 0 Å². The van der Waals surface area contributed by atoms with Gasteiger partial charge in [-0.2, -0.15) is 0 Å². The fourth-order valence-corrected chi connectivity index (χ4v) is 2.44. The molecule has 32 heavy (non-hydrogen) atoms. The van der Waals surface area contributed by atoms with Gasteiger partial charge in [0.05, 0.1) is 77.2 Å². The Morgan fingerprint density at radius 1 is 0.594 bits per heavy atom. The maximum absolute atomic E-state index is 11.6. The molecule has 0 bridgehead atoms. The molecule has 0 saturated carbocycles. The predicted octanol–water partition coefficient (Wildman–Crippen LogP) is 0.0822. The molecular weight excluding hydrogens is 432 g/mol. The summed E-state index contributed by atoms with van der Waals surface area (Å²) < 4.78 is 31.1. The summed E-state index contributed by atoms with van der Waals surface area (Å²) in [5.41, 5.74) is 0.128. The number of rotatable bonds is 20. The highest BCUT2D eigenvalue weighted by Gasteiger charge is 2.19. The van der Waals surface area contributed by atoms with Crippen LogP contribution in [-0.4, -0.2) is 98.8 Å². The van der Waals surface area contributed by atoms with Crippen LogP contribution in [0.5, 0.6) is 0 Å². The number of aromatic carboxylic acids is 2. The van der Waals surface area contributed by atoms with E-state index in [0.29, 0.717) is 0 Å². The van der Waals surface area contributed by atoms with Crippen molar-refractivity contribution in [3.05, 3.63) is 34.4 Å². The first-order valence-corrected chi connectivity index (χ1v) is 9.81. The quantitative estimate of drug-likeness (QED) is 0.152. The number of carboxylic acid groups (broad SMARTS) is 2.